The van der Waals surface area contributed by atoms with Gasteiger partial charge in [-0.1, -0.05) is 42.7 Å². The number of ether oxygens (including phenoxy) is 1. The number of aromatic nitrogens is 2. The van der Waals surface area contributed by atoms with Gasteiger partial charge in [0.1, 0.15) is 10.6 Å². The lowest BCUT2D eigenvalue weighted by Crippen LogP contribution is -2.43. The number of nitrogens with one attached hydrogen (secondary N) is 1. The van der Waals surface area contributed by atoms with Crippen molar-refractivity contribution in [3.63, 3.8) is 0 Å². The molecular formula is C25H29ClN4O5S. The van der Waals surface area contributed by atoms with Gasteiger partial charge in [-0.2, -0.15) is 9.29 Å². The maximum atomic E-state index is 13.3. The fraction of sp³-hybridized carbons (Fsp3) is 0.400. The minimum absolute atomic E-state index is 0.00346. The minimum Gasteiger partial charge on any atom is -0.495 e. The Hall–Kier alpha value is -2.95. The zero-order chi connectivity index (χ0) is 25.9. The van der Waals surface area contributed by atoms with Crippen LogP contribution in [0.4, 0.5) is 5.69 Å². The van der Waals surface area contributed by atoms with Gasteiger partial charge in [-0.15, -0.1) is 0 Å². The molecule has 2 heterocycles. The van der Waals surface area contributed by atoms with E-state index in [1.54, 1.807) is 6.07 Å². The van der Waals surface area contributed by atoms with Crippen LogP contribution in [0.3, 0.4) is 0 Å². The Bertz CT molecular complexity index is 1320. The number of nitrogens with zero attached hydrogens (tertiary/aromatic N) is 3. The number of hydrogen-bond donors (Lipinski definition) is 1. The number of halogens is 1. The Balaban J connectivity index is 1.40. The number of carbonyl (C=O) groups excluding carboxylic acids is 1. The molecule has 0 radical (unpaired) electrons. The van der Waals surface area contributed by atoms with Gasteiger partial charge in [-0.25, -0.2) is 8.42 Å². The number of piperidine rings is 1. The van der Waals surface area contributed by atoms with Gasteiger partial charge in [0.15, 0.2) is 5.82 Å². The molecule has 0 saturated carbocycles. The van der Waals surface area contributed by atoms with E-state index in [-0.39, 0.29) is 29.0 Å². The summed E-state index contributed by atoms with van der Waals surface area (Å²) in [5, 5.41) is 7.21. The third kappa shape index (κ3) is 5.88. The maximum absolute atomic E-state index is 13.3. The molecule has 0 bridgehead atoms. The molecule has 1 N–H and O–H groups in total. The molecule has 36 heavy (non-hydrogen) atoms. The third-order valence-electron chi connectivity index (χ3n) is 6.06. The Morgan fingerprint density at radius 2 is 2.00 bits per heavy atom. The molecule has 1 fully saturated rings. The summed E-state index contributed by atoms with van der Waals surface area (Å²) >= 11 is 6.04. The molecule has 0 spiro atoms. The lowest BCUT2D eigenvalue weighted by atomic mass is 9.98. The van der Waals surface area contributed by atoms with Gasteiger partial charge in [0.2, 0.25) is 21.8 Å². The number of hydrogen-bond acceptors (Lipinski definition) is 7. The fourth-order valence-electron chi connectivity index (χ4n) is 4.07. The average Bonchev–Trinajstić information content (AvgIpc) is 3.34. The van der Waals surface area contributed by atoms with Crippen LogP contribution in [0, 0.1) is 5.92 Å². The first kappa shape index (κ1) is 26.1. The molecular weight excluding hydrogens is 504 g/mol. The van der Waals surface area contributed by atoms with Crippen LogP contribution in [0.5, 0.6) is 5.75 Å². The number of anilines is 1. The summed E-state index contributed by atoms with van der Waals surface area (Å²) in [6, 6.07) is 11.9. The first-order chi connectivity index (χ1) is 17.2. The summed E-state index contributed by atoms with van der Waals surface area (Å²) in [5.74, 6) is 0.892. The Kier molecular flexibility index (Phi) is 7.97. The maximum Gasteiger partial charge on any atom is 0.246 e. The number of carbonyl (C=O) groups is 1. The largest absolute Gasteiger partial charge is 0.495 e. The number of benzene rings is 2. The Morgan fingerprint density at radius 3 is 2.67 bits per heavy atom. The summed E-state index contributed by atoms with van der Waals surface area (Å²) in [5.41, 5.74) is 1.62. The van der Waals surface area contributed by atoms with Crippen LogP contribution < -0.4 is 10.1 Å². The monoisotopic (exact) mass is 532 g/mol. The molecule has 1 aromatic heterocycles. The van der Waals surface area contributed by atoms with Crippen LogP contribution in [0.2, 0.25) is 5.02 Å². The van der Waals surface area contributed by atoms with Crippen molar-refractivity contribution in [1.29, 1.82) is 0 Å². The molecule has 2 aromatic carbocycles. The highest BCUT2D eigenvalue weighted by molar-refractivity contribution is 7.89. The second kappa shape index (κ2) is 11.0. The Labute approximate surface area is 215 Å². The van der Waals surface area contributed by atoms with Crippen molar-refractivity contribution in [3.05, 3.63) is 64.8 Å². The average molecular weight is 533 g/mol. The molecule has 1 unspecified atom stereocenters. The lowest BCUT2D eigenvalue weighted by Gasteiger charge is -2.31. The van der Waals surface area contributed by atoms with E-state index >= 15 is 0 Å². The van der Waals surface area contributed by atoms with E-state index in [9.17, 15) is 13.2 Å². The first-order valence-corrected chi connectivity index (χ1v) is 13.5. The van der Waals surface area contributed by atoms with E-state index in [2.05, 4.69) is 15.5 Å². The molecule has 0 aliphatic carbocycles. The van der Waals surface area contributed by atoms with Crippen LogP contribution >= 0.6 is 11.6 Å². The Morgan fingerprint density at radius 1 is 1.25 bits per heavy atom. The smallest absolute Gasteiger partial charge is 0.246 e. The number of amides is 1. The highest BCUT2D eigenvalue weighted by Crippen LogP contribution is 2.32. The lowest BCUT2D eigenvalue weighted by molar-refractivity contribution is -0.120. The van der Waals surface area contributed by atoms with Crippen LogP contribution in [0.1, 0.15) is 49.9 Å². The molecule has 192 valence electrons. The zero-order valence-corrected chi connectivity index (χ0v) is 22.0. The molecule has 1 saturated heterocycles. The van der Waals surface area contributed by atoms with Crippen molar-refractivity contribution in [2.75, 3.05) is 25.5 Å². The van der Waals surface area contributed by atoms with Gasteiger partial charge in [-0.05, 0) is 48.7 Å². The van der Waals surface area contributed by atoms with Crippen molar-refractivity contribution in [2.45, 2.75) is 43.9 Å². The zero-order valence-electron chi connectivity index (χ0n) is 20.4. The minimum atomic E-state index is -3.88. The molecule has 11 heteroatoms. The molecule has 1 aliphatic heterocycles. The quantitative estimate of drug-likeness (QED) is 0.454. The van der Waals surface area contributed by atoms with E-state index in [0.717, 1.165) is 5.56 Å². The van der Waals surface area contributed by atoms with E-state index in [0.29, 0.717) is 48.2 Å². The van der Waals surface area contributed by atoms with Crippen molar-refractivity contribution in [3.8, 4) is 5.75 Å². The van der Waals surface area contributed by atoms with Crippen molar-refractivity contribution >= 4 is 33.2 Å². The SMILES string of the molecule is COc1ccc(Cl)cc1S(=O)(=O)N1CCCC(C(=O)Nc2ccc(Cc3noc(C(C)C)n3)cc2)C1. The number of methoxy groups -OCH3 is 1. The van der Waals surface area contributed by atoms with E-state index in [1.807, 2.05) is 38.1 Å². The van der Waals surface area contributed by atoms with E-state index < -0.39 is 15.9 Å². The van der Waals surface area contributed by atoms with Crippen molar-refractivity contribution < 1.29 is 22.5 Å². The summed E-state index contributed by atoms with van der Waals surface area (Å²) in [6.07, 6.45) is 1.69. The topological polar surface area (TPSA) is 115 Å². The van der Waals surface area contributed by atoms with Gasteiger partial charge in [0.05, 0.1) is 13.0 Å². The predicted molar refractivity (Wildman–Crippen MR) is 136 cm³/mol. The van der Waals surface area contributed by atoms with E-state index in [1.165, 1.54) is 23.5 Å². The number of rotatable bonds is 8. The highest BCUT2D eigenvalue weighted by atomic mass is 35.5. The highest BCUT2D eigenvalue weighted by Gasteiger charge is 2.35. The molecule has 1 amide bonds. The normalized spacial score (nSPS) is 16.8. The summed E-state index contributed by atoms with van der Waals surface area (Å²) in [4.78, 5) is 17.4. The van der Waals surface area contributed by atoms with Crippen LogP contribution in [0.25, 0.3) is 0 Å². The van der Waals surface area contributed by atoms with Gasteiger partial charge in [0, 0.05) is 36.1 Å². The van der Waals surface area contributed by atoms with Gasteiger partial charge in [0.25, 0.3) is 0 Å². The molecule has 1 aliphatic rings. The molecule has 1 atom stereocenters. The van der Waals surface area contributed by atoms with Crippen molar-refractivity contribution in [1.82, 2.24) is 14.4 Å². The predicted octanol–water partition coefficient (Wildman–Crippen LogP) is 4.49. The fourth-order valence-corrected chi connectivity index (χ4v) is 6.01. The molecule has 4 rings (SSSR count). The third-order valence-corrected chi connectivity index (χ3v) is 8.18. The van der Waals surface area contributed by atoms with Gasteiger partial charge in [-0.3, -0.25) is 4.79 Å². The molecule has 9 nitrogen and oxygen atoms in total. The number of sulfonamides is 1. The van der Waals surface area contributed by atoms with Gasteiger partial charge < -0.3 is 14.6 Å². The van der Waals surface area contributed by atoms with Gasteiger partial charge >= 0.3 is 0 Å². The standard InChI is InChI=1S/C25H29ClN4O5S/c1-16(2)25-28-23(29-35-25)13-17-6-9-20(10-7-17)27-24(31)18-5-4-12-30(15-18)36(32,33)22-14-19(26)8-11-21(22)34-3/h6-11,14,16,18H,4-5,12-13,15H2,1-3H3,(H,27,31). The van der Waals surface area contributed by atoms with Crippen molar-refractivity contribution in [2.24, 2.45) is 5.92 Å². The molecule has 3 aromatic rings. The summed E-state index contributed by atoms with van der Waals surface area (Å²) in [7, 11) is -2.47. The first-order valence-electron chi connectivity index (χ1n) is 11.7. The second-order valence-corrected chi connectivity index (χ2v) is 11.4. The summed E-state index contributed by atoms with van der Waals surface area (Å²) in [6.45, 7) is 4.39. The van der Waals surface area contributed by atoms with Crippen LogP contribution in [0.15, 0.2) is 51.9 Å². The van der Waals surface area contributed by atoms with Crippen LogP contribution in [-0.2, 0) is 21.2 Å². The second-order valence-electron chi connectivity index (χ2n) is 9.06. The van der Waals surface area contributed by atoms with E-state index in [4.69, 9.17) is 20.9 Å². The summed E-state index contributed by atoms with van der Waals surface area (Å²) < 4.78 is 38.4. The van der Waals surface area contributed by atoms with Crippen LogP contribution in [-0.4, -0.2) is 49.0 Å².